The molecule has 6 rings (SSSR count). The van der Waals surface area contributed by atoms with E-state index in [2.05, 4.69) is 25.0 Å². The van der Waals surface area contributed by atoms with Gasteiger partial charge in [-0.3, -0.25) is 9.69 Å². The van der Waals surface area contributed by atoms with Crippen LogP contribution in [0.4, 0.5) is 5.00 Å². The van der Waals surface area contributed by atoms with Gasteiger partial charge in [0.1, 0.15) is 21.6 Å². The van der Waals surface area contributed by atoms with Gasteiger partial charge >= 0.3 is 0 Å². The number of thiophene rings is 1. The molecule has 7 nitrogen and oxygen atoms in total. The van der Waals surface area contributed by atoms with Gasteiger partial charge in [0.05, 0.1) is 37.2 Å². The number of alkyl halides is 1. The molecule has 2 aromatic heterocycles. The van der Waals surface area contributed by atoms with Crippen LogP contribution in [-0.4, -0.2) is 35.3 Å². The first-order valence-corrected chi connectivity index (χ1v) is 15.7. The van der Waals surface area contributed by atoms with Crippen LogP contribution in [0.2, 0.25) is 5.15 Å². The number of carbonyl (C=O) groups is 1. The molecule has 2 atom stereocenters. The fourth-order valence-electron chi connectivity index (χ4n) is 5.95. The summed E-state index contributed by atoms with van der Waals surface area (Å²) >= 11 is 14.9. The van der Waals surface area contributed by atoms with Crippen LogP contribution in [0.1, 0.15) is 59.1 Å². The summed E-state index contributed by atoms with van der Waals surface area (Å²) in [7, 11) is 3.14. The van der Waals surface area contributed by atoms with E-state index in [4.69, 9.17) is 32.7 Å². The SMILES string of the molecule is COc1ccc(C2C(Cl)C(=O)N2c2sc3c(c2C#N)C=C(/C=C\c2c(C)nn(-c4ccccc4)c2Cl)CC3(C)C)cc1OC. The summed E-state index contributed by atoms with van der Waals surface area (Å²) < 4.78 is 12.6. The Morgan fingerprint density at radius 3 is 2.52 bits per heavy atom. The Morgan fingerprint density at radius 1 is 1.11 bits per heavy atom. The summed E-state index contributed by atoms with van der Waals surface area (Å²) in [6, 6.07) is 17.2. The number of nitriles is 1. The van der Waals surface area contributed by atoms with Crippen molar-refractivity contribution in [3.8, 4) is 23.3 Å². The highest BCUT2D eigenvalue weighted by molar-refractivity contribution is 7.17. The van der Waals surface area contributed by atoms with Crippen molar-refractivity contribution in [2.45, 2.75) is 44.0 Å². The average molecular weight is 646 g/mol. The van der Waals surface area contributed by atoms with Gasteiger partial charge in [0, 0.05) is 21.4 Å². The van der Waals surface area contributed by atoms with Crippen LogP contribution >= 0.6 is 34.5 Å². The number of para-hydroxylation sites is 1. The van der Waals surface area contributed by atoms with Crippen molar-refractivity contribution >= 4 is 57.6 Å². The predicted molar refractivity (Wildman–Crippen MR) is 176 cm³/mol. The molecular weight excluding hydrogens is 615 g/mol. The van der Waals surface area contributed by atoms with Crippen LogP contribution in [0.25, 0.3) is 17.8 Å². The molecule has 224 valence electrons. The number of anilines is 1. The largest absolute Gasteiger partial charge is 0.493 e. The normalized spacial score (nSPS) is 18.9. The number of methoxy groups -OCH3 is 2. The lowest BCUT2D eigenvalue weighted by molar-refractivity contribution is -0.123. The molecule has 1 aliphatic carbocycles. The van der Waals surface area contributed by atoms with Crippen molar-refractivity contribution < 1.29 is 14.3 Å². The lowest BCUT2D eigenvalue weighted by Gasteiger charge is -2.44. The van der Waals surface area contributed by atoms with Crippen LogP contribution < -0.4 is 14.4 Å². The zero-order valence-electron chi connectivity index (χ0n) is 24.9. The molecule has 0 bridgehead atoms. The quantitative estimate of drug-likeness (QED) is 0.149. The Labute approximate surface area is 270 Å². The molecule has 1 aliphatic heterocycles. The Bertz CT molecular complexity index is 1880. The van der Waals surface area contributed by atoms with Crippen molar-refractivity contribution in [2.24, 2.45) is 0 Å². The van der Waals surface area contributed by atoms with Crippen LogP contribution in [0.15, 0.2) is 60.2 Å². The van der Waals surface area contributed by atoms with Gasteiger partial charge in [-0.05, 0) is 60.9 Å². The number of ether oxygens (including phenoxy) is 2. The first-order valence-electron chi connectivity index (χ1n) is 14.0. The second-order valence-electron chi connectivity index (χ2n) is 11.5. The van der Waals surface area contributed by atoms with Crippen LogP contribution in [0.5, 0.6) is 11.5 Å². The number of hydrogen-bond acceptors (Lipinski definition) is 6. The number of amides is 1. The number of nitrogens with zero attached hydrogens (tertiary/aromatic N) is 4. The monoisotopic (exact) mass is 644 g/mol. The van der Waals surface area contributed by atoms with E-state index < -0.39 is 11.4 Å². The fourth-order valence-corrected chi connectivity index (χ4v) is 8.02. The zero-order valence-corrected chi connectivity index (χ0v) is 27.2. The van der Waals surface area contributed by atoms with Gasteiger partial charge in [-0.1, -0.05) is 55.8 Å². The number of rotatable bonds is 7. The van der Waals surface area contributed by atoms with E-state index in [0.29, 0.717) is 27.2 Å². The van der Waals surface area contributed by atoms with Gasteiger partial charge in [0.25, 0.3) is 0 Å². The molecule has 2 aromatic carbocycles. The van der Waals surface area contributed by atoms with E-state index in [-0.39, 0.29) is 11.3 Å². The number of aromatic nitrogens is 2. The third-order valence-electron chi connectivity index (χ3n) is 8.14. The van der Waals surface area contributed by atoms with Gasteiger partial charge in [-0.25, -0.2) is 4.68 Å². The van der Waals surface area contributed by atoms with E-state index in [0.717, 1.165) is 44.9 Å². The molecule has 0 N–H and O–H groups in total. The molecule has 1 saturated heterocycles. The third kappa shape index (κ3) is 4.89. The number of halogens is 2. The maximum Gasteiger partial charge on any atom is 0.248 e. The molecule has 2 aliphatic rings. The van der Waals surface area contributed by atoms with Gasteiger partial charge in [-0.2, -0.15) is 10.4 Å². The van der Waals surface area contributed by atoms with Crippen molar-refractivity contribution in [1.82, 2.24) is 9.78 Å². The van der Waals surface area contributed by atoms with Crippen LogP contribution in [0, 0.1) is 18.3 Å². The van der Waals surface area contributed by atoms with Gasteiger partial charge < -0.3 is 9.47 Å². The molecule has 3 heterocycles. The summed E-state index contributed by atoms with van der Waals surface area (Å²) in [6.45, 7) is 6.26. The Balaban J connectivity index is 1.38. The first kappa shape index (κ1) is 30.0. The number of aryl methyl sites for hydroxylation is 1. The van der Waals surface area contributed by atoms with E-state index in [1.807, 2.05) is 67.6 Å². The Kier molecular flexibility index (Phi) is 7.83. The Morgan fingerprint density at radius 2 is 1.84 bits per heavy atom. The number of fused-ring (bicyclic) bond motifs is 1. The van der Waals surface area contributed by atoms with Gasteiger partial charge in [-0.15, -0.1) is 22.9 Å². The smallest absolute Gasteiger partial charge is 0.248 e. The summed E-state index contributed by atoms with van der Waals surface area (Å²) in [5, 5.41) is 15.4. The summed E-state index contributed by atoms with van der Waals surface area (Å²) in [5.74, 6) is 0.897. The van der Waals surface area contributed by atoms with Crippen LogP contribution in [-0.2, 0) is 10.2 Å². The minimum Gasteiger partial charge on any atom is -0.493 e. The van der Waals surface area contributed by atoms with Crippen molar-refractivity contribution in [2.75, 3.05) is 19.1 Å². The maximum atomic E-state index is 13.2. The summed E-state index contributed by atoms with van der Waals surface area (Å²) in [6.07, 6.45) is 6.83. The number of β-lactam (4-membered cyclic amide) rings is 1. The lowest BCUT2D eigenvalue weighted by atomic mass is 9.77. The van der Waals surface area contributed by atoms with E-state index in [9.17, 15) is 10.1 Å². The van der Waals surface area contributed by atoms with Crippen molar-refractivity contribution in [3.63, 3.8) is 0 Å². The summed E-state index contributed by atoms with van der Waals surface area (Å²) in [4.78, 5) is 16.0. The number of hydrogen-bond donors (Lipinski definition) is 0. The molecular formula is C34H30Cl2N4O3S. The fraction of sp³-hybridized carbons (Fsp3) is 0.265. The molecule has 2 unspecified atom stereocenters. The highest BCUT2D eigenvalue weighted by Crippen LogP contribution is 2.53. The van der Waals surface area contributed by atoms with Crippen molar-refractivity contribution in [3.05, 3.63) is 98.2 Å². The maximum absolute atomic E-state index is 13.2. The summed E-state index contributed by atoms with van der Waals surface area (Å²) in [5.41, 5.74) is 5.42. The highest BCUT2D eigenvalue weighted by Gasteiger charge is 2.50. The molecule has 4 aromatic rings. The zero-order chi connectivity index (χ0) is 31.3. The molecule has 10 heteroatoms. The molecule has 44 heavy (non-hydrogen) atoms. The molecule has 1 amide bonds. The topological polar surface area (TPSA) is 80.4 Å². The number of allylic oxidation sites excluding steroid dienone is 2. The van der Waals surface area contributed by atoms with Gasteiger partial charge in [0.15, 0.2) is 11.5 Å². The average Bonchev–Trinajstić information content (AvgIpc) is 3.53. The second kappa shape index (κ2) is 11.5. The van der Waals surface area contributed by atoms with E-state index in [1.165, 1.54) is 11.3 Å². The standard InChI is InChI=1S/C34H30Cl2N4O3S/c1-19-23(31(36)40(38-19)22-9-7-6-8-10-22)13-11-20-15-24-25(18-37)33(44-30(24)34(2,3)17-20)39-29(28(35)32(39)41)21-12-14-26(42-4)27(16-21)43-5/h6-16,28-29H,17H2,1-5H3/b13-11-. The van der Waals surface area contributed by atoms with E-state index >= 15 is 0 Å². The predicted octanol–water partition coefficient (Wildman–Crippen LogP) is 8.26. The van der Waals surface area contributed by atoms with Crippen LogP contribution in [0.3, 0.4) is 0 Å². The molecule has 1 fully saturated rings. The number of carbonyl (C=O) groups excluding carboxylic acids is 1. The van der Waals surface area contributed by atoms with E-state index in [1.54, 1.807) is 29.9 Å². The highest BCUT2D eigenvalue weighted by atomic mass is 35.5. The van der Waals surface area contributed by atoms with Crippen molar-refractivity contribution in [1.29, 1.82) is 5.26 Å². The molecule has 0 spiro atoms. The Hall–Kier alpha value is -4.03. The minimum atomic E-state index is -0.759. The second-order valence-corrected chi connectivity index (χ2v) is 13.3. The van der Waals surface area contributed by atoms with Gasteiger partial charge in [0.2, 0.25) is 5.91 Å². The third-order valence-corrected chi connectivity index (χ3v) is 10.5. The number of benzene rings is 2. The lowest BCUT2D eigenvalue weighted by Crippen LogP contribution is -2.56. The molecule has 0 radical (unpaired) electrons. The molecule has 0 saturated carbocycles. The first-order chi connectivity index (χ1) is 21.1. The minimum absolute atomic E-state index is 0.232.